The van der Waals surface area contributed by atoms with Gasteiger partial charge in [-0.15, -0.1) is 0 Å². The van der Waals surface area contributed by atoms with Crippen molar-refractivity contribution in [3.63, 3.8) is 0 Å². The van der Waals surface area contributed by atoms with Crippen molar-refractivity contribution in [3.05, 3.63) is 0 Å². The molecule has 0 aromatic rings. The lowest BCUT2D eigenvalue weighted by molar-refractivity contribution is -0.142. The summed E-state index contributed by atoms with van der Waals surface area (Å²) in [4.78, 5) is 11.0. The minimum atomic E-state index is -0.832. The Morgan fingerprint density at radius 1 is 1.41 bits per heavy atom. The smallest absolute Gasteiger partial charge is 0.323 e. The van der Waals surface area contributed by atoms with E-state index < -0.39 is 12.0 Å². The van der Waals surface area contributed by atoms with Crippen molar-refractivity contribution in [1.82, 2.24) is 5.32 Å². The van der Waals surface area contributed by atoms with E-state index in [0.29, 0.717) is 12.6 Å². The van der Waals surface area contributed by atoms with Gasteiger partial charge in [-0.25, -0.2) is 0 Å². The third-order valence-electron chi connectivity index (χ3n) is 3.17. The second-order valence-corrected chi connectivity index (χ2v) is 4.86. The Balaban J connectivity index is 1.62. The first kappa shape index (κ1) is 12.8. The predicted octanol–water partition coefficient (Wildman–Crippen LogP) is 0.777. The van der Waals surface area contributed by atoms with E-state index in [1.807, 2.05) is 0 Å². The quantitative estimate of drug-likeness (QED) is 0.691. The molecule has 2 fully saturated rings. The van der Waals surface area contributed by atoms with Gasteiger partial charge in [-0.3, -0.25) is 10.1 Å². The Kier molecular flexibility index (Phi) is 4.76. The van der Waals surface area contributed by atoms with Gasteiger partial charge in [-0.2, -0.15) is 0 Å². The van der Waals surface area contributed by atoms with E-state index >= 15 is 0 Å². The highest BCUT2D eigenvalue weighted by molar-refractivity contribution is 5.73. The molecule has 0 amide bonds. The molecule has 1 saturated carbocycles. The summed E-state index contributed by atoms with van der Waals surface area (Å²) in [6.07, 6.45) is 5.63. The molecule has 5 nitrogen and oxygen atoms in total. The van der Waals surface area contributed by atoms with Crippen molar-refractivity contribution >= 4 is 5.97 Å². The van der Waals surface area contributed by atoms with Crippen LogP contribution in [0.15, 0.2) is 0 Å². The third-order valence-corrected chi connectivity index (χ3v) is 3.17. The highest BCUT2D eigenvalue weighted by Gasteiger charge is 2.28. The summed E-state index contributed by atoms with van der Waals surface area (Å²) in [5, 5.41) is 12.1. The van der Waals surface area contributed by atoms with Gasteiger partial charge in [0, 0.05) is 12.6 Å². The van der Waals surface area contributed by atoms with Crippen molar-refractivity contribution in [2.24, 2.45) is 0 Å². The Morgan fingerprint density at radius 3 is 2.82 bits per heavy atom. The average Bonchev–Trinajstić information content (AvgIpc) is 3.13. The van der Waals surface area contributed by atoms with E-state index in [2.05, 4.69) is 5.32 Å². The lowest BCUT2D eigenvalue weighted by atomic mass is 10.1. The second-order valence-electron chi connectivity index (χ2n) is 4.86. The van der Waals surface area contributed by atoms with Crippen molar-refractivity contribution in [3.8, 4) is 0 Å². The number of nitrogens with one attached hydrogen (secondary N) is 1. The lowest BCUT2D eigenvalue weighted by Crippen LogP contribution is -2.42. The van der Waals surface area contributed by atoms with Crippen LogP contribution in [0.2, 0.25) is 0 Å². The molecule has 2 N–H and O–H groups in total. The van der Waals surface area contributed by atoms with E-state index in [4.69, 9.17) is 14.6 Å². The van der Waals surface area contributed by atoms with Gasteiger partial charge in [0.2, 0.25) is 0 Å². The fourth-order valence-electron chi connectivity index (χ4n) is 1.98. The molecule has 0 bridgehead atoms. The van der Waals surface area contributed by atoms with E-state index in [0.717, 1.165) is 32.3 Å². The maximum atomic E-state index is 11.0. The van der Waals surface area contributed by atoms with E-state index in [-0.39, 0.29) is 12.7 Å². The molecule has 5 heteroatoms. The molecule has 17 heavy (non-hydrogen) atoms. The number of rotatable bonds is 7. The molecule has 1 heterocycles. The van der Waals surface area contributed by atoms with Gasteiger partial charge < -0.3 is 14.6 Å². The second kappa shape index (κ2) is 6.33. The van der Waals surface area contributed by atoms with Crippen molar-refractivity contribution in [2.75, 3.05) is 19.8 Å². The first-order valence-electron chi connectivity index (χ1n) is 6.44. The average molecular weight is 243 g/mol. The van der Waals surface area contributed by atoms with Crippen LogP contribution >= 0.6 is 0 Å². The molecule has 0 aromatic carbocycles. The Morgan fingerprint density at radius 2 is 2.24 bits per heavy atom. The number of ether oxygens (including phenoxy) is 2. The molecule has 0 radical (unpaired) electrons. The van der Waals surface area contributed by atoms with Gasteiger partial charge in [0.15, 0.2) is 0 Å². The van der Waals surface area contributed by atoms with Crippen LogP contribution in [0.25, 0.3) is 0 Å². The van der Waals surface area contributed by atoms with Gasteiger partial charge >= 0.3 is 5.97 Å². The summed E-state index contributed by atoms with van der Waals surface area (Å²) in [6, 6.07) is -0.197. The molecule has 1 saturated heterocycles. The Labute approximate surface area is 101 Å². The maximum absolute atomic E-state index is 11.0. The molecule has 2 unspecified atom stereocenters. The van der Waals surface area contributed by atoms with Crippen molar-refractivity contribution in [2.45, 2.75) is 50.3 Å². The molecule has 1 aliphatic carbocycles. The fourth-order valence-corrected chi connectivity index (χ4v) is 1.98. The van der Waals surface area contributed by atoms with Crippen LogP contribution in [-0.2, 0) is 14.3 Å². The Bertz CT molecular complexity index is 249. The van der Waals surface area contributed by atoms with Crippen LogP contribution in [0.3, 0.4) is 0 Å². The molecule has 1 aliphatic heterocycles. The van der Waals surface area contributed by atoms with Gasteiger partial charge in [0.05, 0.1) is 19.3 Å². The zero-order chi connectivity index (χ0) is 12.1. The highest BCUT2D eigenvalue weighted by Crippen LogP contribution is 2.19. The standard InChI is InChI=1S/C12H21NO4/c14-12(15)11(13-9-4-5-9)8-16-7-10-3-1-2-6-17-10/h9-11,13H,1-8H2,(H,14,15). The zero-order valence-electron chi connectivity index (χ0n) is 10.1. The maximum Gasteiger partial charge on any atom is 0.323 e. The lowest BCUT2D eigenvalue weighted by Gasteiger charge is -2.23. The predicted molar refractivity (Wildman–Crippen MR) is 62.0 cm³/mol. The topological polar surface area (TPSA) is 67.8 Å². The number of carboxylic acid groups (broad SMARTS) is 1. The summed E-state index contributed by atoms with van der Waals surface area (Å²) >= 11 is 0. The largest absolute Gasteiger partial charge is 0.480 e. The monoisotopic (exact) mass is 243 g/mol. The molecule has 0 aromatic heterocycles. The number of carboxylic acids is 1. The number of hydrogen-bond acceptors (Lipinski definition) is 4. The van der Waals surface area contributed by atoms with Crippen molar-refractivity contribution in [1.29, 1.82) is 0 Å². The Hall–Kier alpha value is -0.650. The highest BCUT2D eigenvalue weighted by atomic mass is 16.5. The first-order valence-corrected chi connectivity index (χ1v) is 6.44. The summed E-state index contributed by atoms with van der Waals surface area (Å²) in [5.41, 5.74) is 0. The van der Waals surface area contributed by atoms with Crippen LogP contribution in [0.4, 0.5) is 0 Å². The number of aliphatic carboxylic acids is 1. The molecular weight excluding hydrogens is 222 g/mol. The number of carbonyl (C=O) groups is 1. The van der Waals surface area contributed by atoms with Gasteiger partial charge in [0.1, 0.15) is 6.04 Å². The molecular formula is C12H21NO4. The van der Waals surface area contributed by atoms with E-state index in [9.17, 15) is 4.79 Å². The molecule has 98 valence electrons. The summed E-state index contributed by atoms with van der Waals surface area (Å²) < 4.78 is 11.0. The fraction of sp³-hybridized carbons (Fsp3) is 0.917. The zero-order valence-corrected chi connectivity index (χ0v) is 10.1. The number of hydrogen-bond donors (Lipinski definition) is 2. The van der Waals surface area contributed by atoms with Crippen LogP contribution in [0.1, 0.15) is 32.1 Å². The van der Waals surface area contributed by atoms with Gasteiger partial charge in [-0.05, 0) is 32.1 Å². The SMILES string of the molecule is O=C(O)C(COCC1CCCCO1)NC1CC1. The molecule has 2 aliphatic rings. The van der Waals surface area contributed by atoms with Crippen molar-refractivity contribution < 1.29 is 19.4 Å². The molecule has 2 rings (SSSR count). The summed E-state index contributed by atoms with van der Waals surface area (Å²) in [7, 11) is 0. The normalized spacial score (nSPS) is 26.7. The molecule has 0 spiro atoms. The van der Waals surface area contributed by atoms with Gasteiger partial charge in [0.25, 0.3) is 0 Å². The minimum Gasteiger partial charge on any atom is -0.480 e. The van der Waals surface area contributed by atoms with Crippen LogP contribution in [-0.4, -0.2) is 49.1 Å². The molecule has 2 atom stereocenters. The summed E-state index contributed by atoms with van der Waals surface area (Å²) in [6.45, 7) is 1.54. The third kappa shape index (κ3) is 4.61. The van der Waals surface area contributed by atoms with Crippen LogP contribution in [0.5, 0.6) is 0 Å². The van der Waals surface area contributed by atoms with E-state index in [1.54, 1.807) is 0 Å². The van der Waals surface area contributed by atoms with Crippen LogP contribution < -0.4 is 5.32 Å². The van der Waals surface area contributed by atoms with E-state index in [1.165, 1.54) is 6.42 Å². The summed E-state index contributed by atoms with van der Waals surface area (Å²) in [5.74, 6) is -0.832. The van der Waals surface area contributed by atoms with Crippen LogP contribution in [0, 0.1) is 0 Å². The van der Waals surface area contributed by atoms with Gasteiger partial charge in [-0.1, -0.05) is 0 Å². The minimum absolute atomic E-state index is 0.152. The first-order chi connectivity index (χ1) is 8.25.